The van der Waals surface area contributed by atoms with Crippen molar-refractivity contribution >= 4 is 11.2 Å². The van der Waals surface area contributed by atoms with E-state index in [2.05, 4.69) is 9.97 Å². The van der Waals surface area contributed by atoms with E-state index in [1.54, 1.807) is 11.6 Å². The zero-order chi connectivity index (χ0) is 14.1. The van der Waals surface area contributed by atoms with Crippen molar-refractivity contribution < 1.29 is 33.4 Å². The smallest absolute Gasteiger partial charge is 0.321 e. The maximum absolute atomic E-state index is 11.6. The summed E-state index contributed by atoms with van der Waals surface area (Å²) < 4.78 is 37.5. The molecule has 2 aromatic heterocycles. The first-order chi connectivity index (χ1) is 8.13. The lowest BCUT2D eigenvalue weighted by molar-refractivity contribution is -2.00. The number of imidazole rings is 1. The second-order valence-electron chi connectivity index (χ2n) is 3.45. The summed E-state index contributed by atoms with van der Waals surface area (Å²) in [5, 5.41) is 0. The van der Waals surface area contributed by atoms with Gasteiger partial charge in [0.25, 0.3) is 5.65 Å². The van der Waals surface area contributed by atoms with Crippen LogP contribution in [0.1, 0.15) is 5.82 Å². The Balaban J connectivity index is 0.000000280. The lowest BCUT2D eigenvalue weighted by Gasteiger charge is -2.17. The Hall–Kier alpha value is -1.52. The summed E-state index contributed by atoms with van der Waals surface area (Å²) in [5.41, 5.74) is 1.21. The molecule has 0 aromatic carbocycles. The lowest BCUT2D eigenvalue weighted by atomic mass is 10.4. The third kappa shape index (κ3) is 3.24. The Bertz CT molecular complexity index is 608. The van der Waals surface area contributed by atoms with Crippen LogP contribution in [-0.4, -0.2) is 14.5 Å². The molecule has 0 bridgehead atoms. The van der Waals surface area contributed by atoms with Gasteiger partial charge in [-0.05, 0) is 0 Å². The molecule has 100 valence electrons. The monoisotopic (exact) mass is 278 g/mol. The SMILES string of the molecule is Cc1n(C)c(=O)c2[nH]cnc2[n+]1C.[O-][Cl+3]([O-])([O-])[O-]. The minimum atomic E-state index is -4.94. The van der Waals surface area contributed by atoms with Crippen molar-refractivity contribution in [2.75, 3.05) is 0 Å². The summed E-state index contributed by atoms with van der Waals surface area (Å²) in [5.74, 6) is 0.879. The van der Waals surface area contributed by atoms with Crippen LogP contribution in [0.2, 0.25) is 0 Å². The molecule has 10 heteroatoms. The van der Waals surface area contributed by atoms with Crippen LogP contribution in [0.4, 0.5) is 0 Å². The van der Waals surface area contributed by atoms with E-state index in [0.717, 1.165) is 5.82 Å². The largest absolute Gasteiger partial charge is 0.337 e. The van der Waals surface area contributed by atoms with Gasteiger partial charge < -0.3 is 4.98 Å². The van der Waals surface area contributed by atoms with Gasteiger partial charge >= 0.3 is 5.56 Å². The van der Waals surface area contributed by atoms with Crippen molar-refractivity contribution in [2.45, 2.75) is 6.92 Å². The first kappa shape index (κ1) is 14.5. The summed E-state index contributed by atoms with van der Waals surface area (Å²) in [6.07, 6.45) is 1.53. The van der Waals surface area contributed by atoms with Crippen LogP contribution in [-0.2, 0) is 14.1 Å². The topological polar surface area (TPSA) is 147 Å². The highest BCUT2D eigenvalue weighted by Gasteiger charge is 2.16. The number of halogens is 1. The average Bonchev–Trinajstić information content (AvgIpc) is 2.70. The van der Waals surface area contributed by atoms with Gasteiger partial charge in [-0.1, -0.05) is 4.98 Å². The van der Waals surface area contributed by atoms with Crippen molar-refractivity contribution in [3.63, 3.8) is 0 Å². The van der Waals surface area contributed by atoms with Crippen LogP contribution in [0.25, 0.3) is 11.2 Å². The zero-order valence-corrected chi connectivity index (χ0v) is 10.6. The number of rotatable bonds is 0. The Morgan fingerprint density at radius 2 is 1.89 bits per heavy atom. The molecule has 2 rings (SSSR count). The summed E-state index contributed by atoms with van der Waals surface area (Å²) >= 11 is 0. The second kappa shape index (κ2) is 5.00. The minimum absolute atomic E-state index is 0.0388. The number of aromatic amines is 1. The molecule has 9 nitrogen and oxygen atoms in total. The molecule has 2 heterocycles. The second-order valence-corrected chi connectivity index (χ2v) is 4.21. The number of fused-ring (bicyclic) bond motifs is 1. The van der Waals surface area contributed by atoms with Gasteiger partial charge in [0.2, 0.25) is 11.3 Å². The molecular formula is C8H11ClN4O5. The fourth-order valence-electron chi connectivity index (χ4n) is 1.39. The molecule has 0 radical (unpaired) electrons. The fourth-order valence-corrected chi connectivity index (χ4v) is 1.39. The summed E-state index contributed by atoms with van der Waals surface area (Å²) in [4.78, 5) is 18.5. The van der Waals surface area contributed by atoms with Gasteiger partial charge in [-0.2, -0.15) is 0 Å². The van der Waals surface area contributed by atoms with Crippen LogP contribution in [0.5, 0.6) is 0 Å². The Kier molecular flexibility index (Phi) is 4.04. The molecular weight excluding hydrogens is 268 g/mol. The van der Waals surface area contributed by atoms with Crippen LogP contribution in [0.15, 0.2) is 11.1 Å². The van der Waals surface area contributed by atoms with Crippen LogP contribution in [0.3, 0.4) is 0 Å². The normalized spacial score (nSPS) is 11.3. The number of hydrogen-bond donors (Lipinski definition) is 1. The molecule has 0 saturated heterocycles. The number of aromatic nitrogens is 4. The Morgan fingerprint density at radius 1 is 1.39 bits per heavy atom. The Morgan fingerprint density at radius 3 is 2.39 bits per heavy atom. The molecule has 0 atom stereocenters. The highest BCUT2D eigenvalue weighted by molar-refractivity contribution is 5.64. The van der Waals surface area contributed by atoms with Crippen LogP contribution >= 0.6 is 0 Å². The summed E-state index contributed by atoms with van der Waals surface area (Å²) in [7, 11) is -1.31. The maximum atomic E-state index is 11.6. The van der Waals surface area contributed by atoms with E-state index in [-0.39, 0.29) is 5.56 Å². The summed E-state index contributed by atoms with van der Waals surface area (Å²) in [6.45, 7) is 1.88. The van der Waals surface area contributed by atoms with Crippen molar-refractivity contribution in [3.05, 3.63) is 22.5 Å². The molecule has 0 amide bonds. The van der Waals surface area contributed by atoms with Gasteiger partial charge in [0.05, 0.1) is 14.1 Å². The molecule has 0 aliphatic carbocycles. The number of hydrogen-bond acceptors (Lipinski definition) is 6. The van der Waals surface area contributed by atoms with Gasteiger partial charge in [-0.3, -0.25) is 0 Å². The Labute approximate surface area is 103 Å². The number of aryl methyl sites for hydroxylation is 1. The standard InChI is InChI=1S/C8H10N4O.ClHO4/c1-5-11(2)7-6(9-4-10-7)8(13)12(5)3;2-1(3,4)5/h4H,1-3H3;(H,2,3,4,5). The molecule has 1 N–H and O–H groups in total. The van der Waals surface area contributed by atoms with Crippen molar-refractivity contribution in [1.82, 2.24) is 14.5 Å². The maximum Gasteiger partial charge on any atom is 0.337 e. The van der Waals surface area contributed by atoms with Crippen molar-refractivity contribution in [3.8, 4) is 0 Å². The van der Waals surface area contributed by atoms with Gasteiger partial charge in [0, 0.05) is 6.92 Å². The zero-order valence-electron chi connectivity index (χ0n) is 9.84. The average molecular weight is 279 g/mol. The lowest BCUT2D eigenvalue weighted by Crippen LogP contribution is -2.68. The molecule has 18 heavy (non-hydrogen) atoms. The van der Waals surface area contributed by atoms with E-state index in [4.69, 9.17) is 18.6 Å². The van der Waals surface area contributed by atoms with Crippen LogP contribution in [0, 0.1) is 17.2 Å². The van der Waals surface area contributed by atoms with Crippen LogP contribution < -0.4 is 28.8 Å². The highest BCUT2D eigenvalue weighted by atomic mass is 35.7. The first-order valence-corrected chi connectivity index (χ1v) is 5.87. The molecule has 0 fully saturated rings. The van der Waals surface area contributed by atoms with E-state index in [9.17, 15) is 4.79 Å². The van der Waals surface area contributed by atoms with Crippen molar-refractivity contribution in [2.24, 2.45) is 14.1 Å². The fraction of sp³-hybridized carbons (Fsp3) is 0.375. The third-order valence-electron chi connectivity index (χ3n) is 2.43. The highest BCUT2D eigenvalue weighted by Crippen LogP contribution is 1.97. The van der Waals surface area contributed by atoms with E-state index in [1.807, 2.05) is 18.5 Å². The van der Waals surface area contributed by atoms with E-state index in [1.165, 1.54) is 6.33 Å². The first-order valence-electron chi connectivity index (χ1n) is 4.63. The van der Waals surface area contributed by atoms with Gasteiger partial charge in [-0.15, -0.1) is 10.2 Å². The molecule has 0 aliphatic heterocycles. The molecule has 2 aromatic rings. The summed E-state index contributed by atoms with van der Waals surface area (Å²) in [6, 6.07) is 0. The van der Waals surface area contributed by atoms with Gasteiger partial charge in [0.1, 0.15) is 0 Å². The van der Waals surface area contributed by atoms with Gasteiger partial charge in [0.15, 0.2) is 6.33 Å². The predicted octanol–water partition coefficient (Wildman–Crippen LogP) is -5.36. The third-order valence-corrected chi connectivity index (χ3v) is 2.43. The van der Waals surface area contributed by atoms with E-state index < -0.39 is 10.2 Å². The van der Waals surface area contributed by atoms with Gasteiger partial charge in [-0.25, -0.2) is 32.6 Å². The molecule has 0 aliphatic rings. The number of nitrogens with zero attached hydrogens (tertiary/aromatic N) is 3. The molecule has 0 saturated carbocycles. The van der Waals surface area contributed by atoms with E-state index >= 15 is 0 Å². The van der Waals surface area contributed by atoms with E-state index in [0.29, 0.717) is 11.2 Å². The van der Waals surface area contributed by atoms with Crippen molar-refractivity contribution in [1.29, 1.82) is 0 Å². The minimum Gasteiger partial charge on any atom is -0.321 e. The predicted molar refractivity (Wildman–Crippen MR) is 47.2 cm³/mol. The number of nitrogens with one attached hydrogen (secondary N) is 1. The molecule has 0 spiro atoms. The molecule has 0 unspecified atom stereocenters. The number of H-pyrrole nitrogens is 1. The quantitative estimate of drug-likeness (QED) is 0.476.